The predicted octanol–water partition coefficient (Wildman–Crippen LogP) is 5.58. The fraction of sp³-hybridized carbons (Fsp3) is 0.200. The lowest BCUT2D eigenvalue weighted by atomic mass is 10.1. The molecule has 21 heavy (non-hydrogen) atoms. The van der Waals surface area contributed by atoms with Crippen molar-refractivity contribution in [3.63, 3.8) is 0 Å². The number of rotatable bonds is 8. The molecule has 0 aliphatic heterocycles. The Morgan fingerprint density at radius 3 is 1.29 bits per heavy atom. The molecule has 0 aliphatic rings. The van der Waals surface area contributed by atoms with Gasteiger partial charge in [-0.25, -0.2) is 0 Å². The van der Waals surface area contributed by atoms with Crippen LogP contribution in [-0.2, 0) is 24.3 Å². The van der Waals surface area contributed by atoms with Crippen molar-refractivity contribution in [1.29, 1.82) is 0 Å². The molecule has 0 aromatic heterocycles. The van der Waals surface area contributed by atoms with E-state index in [1.54, 1.807) is 0 Å². The maximum atomic E-state index is 3.77. The van der Waals surface area contributed by atoms with Crippen LogP contribution in [0.25, 0.3) is 0 Å². The molecule has 0 nitrogen and oxygen atoms in total. The molecule has 0 saturated heterocycles. The molecule has 0 unspecified atom stereocenters. The van der Waals surface area contributed by atoms with E-state index in [9.17, 15) is 0 Å². The second-order valence-corrected chi connectivity index (χ2v) is 6.10. The second-order valence-electron chi connectivity index (χ2n) is 5.11. The zero-order valence-corrected chi connectivity index (χ0v) is 13.2. The van der Waals surface area contributed by atoms with Crippen molar-refractivity contribution in [2.24, 2.45) is 0 Å². The van der Waals surface area contributed by atoms with Gasteiger partial charge >= 0.3 is 0 Å². The molecule has 2 rings (SSSR count). The third-order valence-electron chi connectivity index (χ3n) is 3.34. The van der Waals surface area contributed by atoms with Crippen molar-refractivity contribution in [2.75, 3.05) is 0 Å². The minimum atomic E-state index is 0.949. The zero-order chi connectivity index (χ0) is 14.9. The summed E-state index contributed by atoms with van der Waals surface area (Å²) in [5.74, 6) is 2.12. The Morgan fingerprint density at radius 1 is 0.619 bits per heavy atom. The highest BCUT2D eigenvalue weighted by molar-refractivity contribution is 7.97. The molecule has 0 N–H and O–H groups in total. The smallest absolute Gasteiger partial charge is 0.0187 e. The highest BCUT2D eigenvalue weighted by atomic mass is 32.2. The highest BCUT2D eigenvalue weighted by Crippen LogP contribution is 2.19. The van der Waals surface area contributed by atoms with Crippen LogP contribution in [0.4, 0.5) is 0 Å². The fourth-order valence-electron chi connectivity index (χ4n) is 2.16. The Kier molecular flexibility index (Phi) is 6.36. The molecule has 2 aromatic rings. The van der Waals surface area contributed by atoms with Gasteiger partial charge in [-0.15, -0.1) is 13.2 Å². The Morgan fingerprint density at radius 2 is 0.952 bits per heavy atom. The topological polar surface area (TPSA) is 0 Å². The summed E-state index contributed by atoms with van der Waals surface area (Å²) in [6, 6.07) is 17.7. The number of thioether (sulfide) groups is 1. The van der Waals surface area contributed by atoms with Crippen LogP contribution in [0.5, 0.6) is 0 Å². The van der Waals surface area contributed by atoms with Crippen molar-refractivity contribution < 1.29 is 0 Å². The summed E-state index contributed by atoms with van der Waals surface area (Å²) in [6.45, 7) is 7.54. The molecule has 0 saturated carbocycles. The molecule has 0 atom stereocenters. The molecule has 2 aromatic carbocycles. The molecule has 0 fully saturated rings. The van der Waals surface area contributed by atoms with Crippen LogP contribution >= 0.6 is 11.8 Å². The average Bonchev–Trinajstić information content (AvgIpc) is 2.51. The van der Waals surface area contributed by atoms with E-state index in [1.165, 1.54) is 22.3 Å². The lowest BCUT2D eigenvalue weighted by Crippen LogP contribution is -1.87. The van der Waals surface area contributed by atoms with Gasteiger partial charge in [0.05, 0.1) is 0 Å². The zero-order valence-electron chi connectivity index (χ0n) is 12.4. The lowest BCUT2D eigenvalue weighted by Gasteiger charge is -2.05. The molecule has 0 spiro atoms. The molecular weight excluding hydrogens is 272 g/mol. The van der Waals surface area contributed by atoms with Gasteiger partial charge in [0.2, 0.25) is 0 Å². The molecule has 0 heterocycles. The first kappa shape index (κ1) is 15.7. The summed E-state index contributed by atoms with van der Waals surface area (Å²) in [4.78, 5) is 0. The SMILES string of the molecule is C=CCc1ccc(CSCc2ccc(CC=C)cc2)cc1. The van der Waals surface area contributed by atoms with E-state index in [-0.39, 0.29) is 0 Å². The van der Waals surface area contributed by atoms with E-state index in [0.717, 1.165) is 24.3 Å². The van der Waals surface area contributed by atoms with Crippen LogP contribution in [0.15, 0.2) is 73.8 Å². The Hall–Kier alpha value is -1.73. The number of allylic oxidation sites excluding steroid dienone is 2. The Bertz CT molecular complexity index is 510. The summed E-state index contributed by atoms with van der Waals surface area (Å²) in [6.07, 6.45) is 5.79. The maximum Gasteiger partial charge on any atom is 0.0187 e. The van der Waals surface area contributed by atoms with Gasteiger partial charge in [0.25, 0.3) is 0 Å². The summed E-state index contributed by atoms with van der Waals surface area (Å²) >= 11 is 1.96. The molecule has 0 aliphatic carbocycles. The summed E-state index contributed by atoms with van der Waals surface area (Å²) in [7, 11) is 0. The first-order valence-electron chi connectivity index (χ1n) is 7.27. The molecule has 0 amide bonds. The van der Waals surface area contributed by atoms with E-state index in [0.29, 0.717) is 0 Å². The average molecular weight is 294 g/mol. The summed E-state index contributed by atoms with van der Waals surface area (Å²) < 4.78 is 0. The molecule has 108 valence electrons. The van der Waals surface area contributed by atoms with Crippen molar-refractivity contribution in [2.45, 2.75) is 24.3 Å². The van der Waals surface area contributed by atoms with Gasteiger partial charge in [0.1, 0.15) is 0 Å². The molecule has 0 radical (unpaired) electrons. The Labute approximate surface area is 132 Å². The highest BCUT2D eigenvalue weighted by Gasteiger charge is 1.97. The fourth-order valence-corrected chi connectivity index (χ4v) is 3.12. The normalized spacial score (nSPS) is 10.3. The standard InChI is InChI=1S/C20H22S/c1-3-5-17-7-11-19(12-8-17)15-21-16-20-13-9-18(6-4-2)10-14-20/h3-4,7-14H,1-2,5-6,15-16H2. The van der Waals surface area contributed by atoms with E-state index < -0.39 is 0 Å². The van der Waals surface area contributed by atoms with Crippen molar-refractivity contribution in [3.05, 3.63) is 96.1 Å². The van der Waals surface area contributed by atoms with Crippen LogP contribution in [0, 0.1) is 0 Å². The molecular formula is C20H22S. The summed E-state index contributed by atoms with van der Waals surface area (Å²) in [5, 5.41) is 0. The first-order chi connectivity index (χ1) is 10.3. The van der Waals surface area contributed by atoms with Gasteiger partial charge in [-0.2, -0.15) is 11.8 Å². The predicted molar refractivity (Wildman–Crippen MR) is 95.7 cm³/mol. The van der Waals surface area contributed by atoms with Gasteiger partial charge in [-0.1, -0.05) is 60.7 Å². The summed E-state index contributed by atoms with van der Waals surface area (Å²) in [5.41, 5.74) is 5.43. The number of hydrogen-bond donors (Lipinski definition) is 0. The van der Waals surface area contributed by atoms with Crippen molar-refractivity contribution in [1.82, 2.24) is 0 Å². The van der Waals surface area contributed by atoms with E-state index >= 15 is 0 Å². The van der Waals surface area contributed by atoms with Gasteiger partial charge < -0.3 is 0 Å². The number of benzene rings is 2. The monoisotopic (exact) mass is 294 g/mol. The van der Waals surface area contributed by atoms with Crippen molar-refractivity contribution in [3.8, 4) is 0 Å². The minimum absolute atomic E-state index is 0.949. The molecule has 0 bridgehead atoms. The number of hydrogen-bond acceptors (Lipinski definition) is 1. The lowest BCUT2D eigenvalue weighted by molar-refractivity contribution is 1.25. The second kappa shape index (κ2) is 8.53. The van der Waals surface area contributed by atoms with Gasteiger partial charge in [-0.05, 0) is 35.1 Å². The van der Waals surface area contributed by atoms with Crippen LogP contribution in [0.3, 0.4) is 0 Å². The third-order valence-corrected chi connectivity index (χ3v) is 4.42. The van der Waals surface area contributed by atoms with Crippen molar-refractivity contribution >= 4 is 11.8 Å². The van der Waals surface area contributed by atoms with Crippen LogP contribution < -0.4 is 0 Å². The maximum absolute atomic E-state index is 3.77. The van der Waals surface area contributed by atoms with Gasteiger partial charge in [0.15, 0.2) is 0 Å². The van der Waals surface area contributed by atoms with Crippen LogP contribution in [-0.4, -0.2) is 0 Å². The van der Waals surface area contributed by atoms with Crippen LogP contribution in [0.2, 0.25) is 0 Å². The third kappa shape index (κ3) is 5.28. The Balaban J connectivity index is 1.80. The minimum Gasteiger partial charge on any atom is -0.152 e. The molecule has 1 heteroatoms. The first-order valence-corrected chi connectivity index (χ1v) is 8.42. The largest absolute Gasteiger partial charge is 0.152 e. The van der Waals surface area contributed by atoms with Gasteiger partial charge in [-0.3, -0.25) is 0 Å². The van der Waals surface area contributed by atoms with E-state index in [1.807, 2.05) is 23.9 Å². The van der Waals surface area contributed by atoms with E-state index in [2.05, 4.69) is 61.7 Å². The quantitative estimate of drug-likeness (QED) is 0.573. The van der Waals surface area contributed by atoms with E-state index in [4.69, 9.17) is 0 Å². The van der Waals surface area contributed by atoms with Gasteiger partial charge in [0, 0.05) is 11.5 Å². The van der Waals surface area contributed by atoms with Crippen LogP contribution in [0.1, 0.15) is 22.3 Å².